The second kappa shape index (κ2) is 7.44. The van der Waals surface area contributed by atoms with Gasteiger partial charge in [-0.15, -0.1) is 0 Å². The Kier molecular flexibility index (Phi) is 5.90. The summed E-state index contributed by atoms with van der Waals surface area (Å²) in [6.07, 6.45) is 6.74. The molecule has 0 spiro atoms. The molecule has 1 fully saturated rings. The van der Waals surface area contributed by atoms with Crippen LogP contribution in [0.3, 0.4) is 0 Å². The lowest BCUT2D eigenvalue weighted by Crippen LogP contribution is -2.31. The van der Waals surface area contributed by atoms with Crippen LogP contribution >= 0.6 is 15.9 Å². The fourth-order valence-corrected chi connectivity index (χ4v) is 3.41. The zero-order chi connectivity index (χ0) is 13.7. The first kappa shape index (κ1) is 15.1. The van der Waals surface area contributed by atoms with E-state index in [1.54, 1.807) is 0 Å². The molecule has 0 radical (unpaired) electrons. The van der Waals surface area contributed by atoms with Gasteiger partial charge in [-0.25, -0.2) is 0 Å². The second-order valence-corrected chi connectivity index (χ2v) is 6.92. The van der Waals surface area contributed by atoms with E-state index in [2.05, 4.69) is 59.4 Å². The van der Waals surface area contributed by atoms with Crippen molar-refractivity contribution in [1.82, 2.24) is 5.32 Å². The van der Waals surface area contributed by atoms with Gasteiger partial charge < -0.3 is 5.32 Å². The van der Waals surface area contributed by atoms with Crippen LogP contribution in [0, 0.1) is 11.8 Å². The number of nitrogens with one attached hydrogen (secondary N) is 1. The fraction of sp³-hybridized carbons (Fsp3) is 0.647. The van der Waals surface area contributed by atoms with Gasteiger partial charge in [-0.2, -0.15) is 0 Å². The number of hydrogen-bond donors (Lipinski definition) is 1. The van der Waals surface area contributed by atoms with E-state index < -0.39 is 0 Å². The maximum Gasteiger partial charge on any atom is 0.0348 e. The first-order valence-electron chi connectivity index (χ1n) is 7.69. The van der Waals surface area contributed by atoms with E-state index in [4.69, 9.17) is 0 Å². The molecule has 1 saturated carbocycles. The summed E-state index contributed by atoms with van der Waals surface area (Å²) in [5.74, 6) is 1.73. The fourth-order valence-electron chi connectivity index (χ4n) is 3.15. The highest BCUT2D eigenvalue weighted by atomic mass is 79.9. The highest BCUT2D eigenvalue weighted by Gasteiger charge is 2.26. The highest BCUT2D eigenvalue weighted by Crippen LogP contribution is 2.37. The molecule has 1 unspecified atom stereocenters. The average Bonchev–Trinajstić information content (AvgIpc) is 2.43. The molecule has 1 aromatic carbocycles. The molecule has 0 heterocycles. The lowest BCUT2D eigenvalue weighted by molar-refractivity contribution is 0.231. The summed E-state index contributed by atoms with van der Waals surface area (Å²) in [7, 11) is 0. The molecule has 0 aliphatic heterocycles. The summed E-state index contributed by atoms with van der Waals surface area (Å²) in [5.41, 5.74) is 1.45. The largest absolute Gasteiger partial charge is 0.310 e. The molecule has 0 bridgehead atoms. The third-order valence-electron chi connectivity index (χ3n) is 4.38. The van der Waals surface area contributed by atoms with Crippen LogP contribution in [-0.2, 0) is 0 Å². The third-order valence-corrected chi connectivity index (χ3v) is 4.90. The molecule has 1 aliphatic carbocycles. The van der Waals surface area contributed by atoms with Crippen LogP contribution in [-0.4, -0.2) is 6.54 Å². The molecule has 0 amide bonds. The highest BCUT2D eigenvalue weighted by molar-refractivity contribution is 9.10. The van der Waals surface area contributed by atoms with Crippen molar-refractivity contribution in [3.05, 3.63) is 34.3 Å². The average molecular weight is 324 g/mol. The van der Waals surface area contributed by atoms with Gasteiger partial charge in [-0.05, 0) is 55.3 Å². The van der Waals surface area contributed by atoms with Gasteiger partial charge >= 0.3 is 0 Å². The summed E-state index contributed by atoms with van der Waals surface area (Å²) >= 11 is 3.53. The number of halogens is 1. The van der Waals surface area contributed by atoms with E-state index in [-0.39, 0.29) is 0 Å². The van der Waals surface area contributed by atoms with Gasteiger partial charge in [0, 0.05) is 10.5 Å². The Balaban J connectivity index is 2.08. The van der Waals surface area contributed by atoms with E-state index in [1.807, 2.05) is 0 Å². The van der Waals surface area contributed by atoms with Crippen LogP contribution in [0.1, 0.15) is 57.6 Å². The van der Waals surface area contributed by atoms with Gasteiger partial charge in [-0.1, -0.05) is 54.8 Å². The van der Waals surface area contributed by atoms with Crippen LogP contribution < -0.4 is 5.32 Å². The van der Waals surface area contributed by atoms with Crippen LogP contribution in [0.5, 0.6) is 0 Å². The Morgan fingerprint density at radius 3 is 2.37 bits per heavy atom. The molecule has 1 aliphatic rings. The van der Waals surface area contributed by atoms with Crippen molar-refractivity contribution in [3.63, 3.8) is 0 Å². The number of hydrogen-bond acceptors (Lipinski definition) is 1. The van der Waals surface area contributed by atoms with Crippen molar-refractivity contribution >= 4 is 15.9 Å². The Hall–Kier alpha value is -0.340. The van der Waals surface area contributed by atoms with E-state index in [1.165, 1.54) is 42.1 Å². The number of rotatable bonds is 5. The van der Waals surface area contributed by atoms with E-state index in [0.717, 1.165) is 18.4 Å². The molecule has 2 rings (SSSR count). The quantitative estimate of drug-likeness (QED) is 0.773. The van der Waals surface area contributed by atoms with Crippen LogP contribution in [0.15, 0.2) is 28.7 Å². The summed E-state index contributed by atoms with van der Waals surface area (Å²) in [5, 5.41) is 3.77. The maximum atomic E-state index is 3.77. The second-order valence-electron chi connectivity index (χ2n) is 6.00. The zero-order valence-corrected chi connectivity index (χ0v) is 13.7. The Labute approximate surface area is 126 Å². The molecule has 19 heavy (non-hydrogen) atoms. The topological polar surface area (TPSA) is 12.0 Å². The van der Waals surface area contributed by atoms with Crippen molar-refractivity contribution in [3.8, 4) is 0 Å². The van der Waals surface area contributed by atoms with Gasteiger partial charge in [0.05, 0.1) is 0 Å². The summed E-state index contributed by atoms with van der Waals surface area (Å²) in [4.78, 5) is 0. The molecule has 1 nitrogen and oxygen atoms in total. The summed E-state index contributed by atoms with van der Waals surface area (Å²) in [6, 6.07) is 9.42. The van der Waals surface area contributed by atoms with Crippen molar-refractivity contribution in [2.45, 2.75) is 52.0 Å². The van der Waals surface area contributed by atoms with Crippen LogP contribution in [0.2, 0.25) is 0 Å². The standard InChI is InChI=1S/C17H26BrN/c1-3-12-19-17(14-6-4-13(2)5-7-14)15-8-10-16(18)11-9-15/h8-11,13-14,17,19H,3-7,12H2,1-2H3. The van der Waals surface area contributed by atoms with Crippen molar-refractivity contribution in [2.75, 3.05) is 6.54 Å². The first-order valence-corrected chi connectivity index (χ1v) is 8.49. The van der Waals surface area contributed by atoms with Crippen LogP contribution in [0.25, 0.3) is 0 Å². The predicted octanol–water partition coefficient (Wildman–Crippen LogP) is 5.32. The minimum atomic E-state index is 0.542. The molecular weight excluding hydrogens is 298 g/mol. The van der Waals surface area contributed by atoms with E-state index in [0.29, 0.717) is 6.04 Å². The van der Waals surface area contributed by atoms with E-state index in [9.17, 15) is 0 Å². The first-order chi connectivity index (χ1) is 9.20. The summed E-state index contributed by atoms with van der Waals surface area (Å²) in [6.45, 7) is 5.76. The molecule has 1 aromatic rings. The third kappa shape index (κ3) is 4.32. The Morgan fingerprint density at radius 1 is 1.16 bits per heavy atom. The SMILES string of the molecule is CCCNC(c1ccc(Br)cc1)C1CCC(C)CC1. The molecule has 2 heteroatoms. The molecule has 0 aromatic heterocycles. The number of benzene rings is 1. The maximum absolute atomic E-state index is 3.77. The molecule has 1 N–H and O–H groups in total. The van der Waals surface area contributed by atoms with Crippen molar-refractivity contribution < 1.29 is 0 Å². The van der Waals surface area contributed by atoms with Gasteiger partial charge in [0.25, 0.3) is 0 Å². The Bertz CT molecular complexity index is 365. The molecule has 106 valence electrons. The predicted molar refractivity (Wildman–Crippen MR) is 86.3 cm³/mol. The van der Waals surface area contributed by atoms with Gasteiger partial charge in [0.1, 0.15) is 0 Å². The minimum Gasteiger partial charge on any atom is -0.310 e. The zero-order valence-electron chi connectivity index (χ0n) is 12.2. The normalized spacial score (nSPS) is 25.2. The lowest BCUT2D eigenvalue weighted by Gasteiger charge is -2.33. The van der Waals surface area contributed by atoms with E-state index >= 15 is 0 Å². The van der Waals surface area contributed by atoms with Crippen molar-refractivity contribution in [1.29, 1.82) is 0 Å². The van der Waals surface area contributed by atoms with Crippen LogP contribution in [0.4, 0.5) is 0 Å². The molecule has 0 saturated heterocycles. The Morgan fingerprint density at radius 2 is 1.79 bits per heavy atom. The monoisotopic (exact) mass is 323 g/mol. The van der Waals surface area contributed by atoms with Crippen molar-refractivity contribution in [2.24, 2.45) is 11.8 Å². The smallest absolute Gasteiger partial charge is 0.0348 e. The van der Waals surface area contributed by atoms with Gasteiger partial charge in [0.15, 0.2) is 0 Å². The van der Waals surface area contributed by atoms with Gasteiger partial charge in [0.2, 0.25) is 0 Å². The molecular formula is C17H26BrN. The van der Waals surface area contributed by atoms with Gasteiger partial charge in [-0.3, -0.25) is 0 Å². The minimum absolute atomic E-state index is 0.542. The molecule has 1 atom stereocenters. The lowest BCUT2D eigenvalue weighted by atomic mass is 9.77. The summed E-state index contributed by atoms with van der Waals surface area (Å²) < 4.78 is 1.17.